The lowest BCUT2D eigenvalue weighted by Crippen LogP contribution is -2.50. The van der Waals surface area contributed by atoms with Crippen LogP contribution < -0.4 is 9.64 Å². The molecule has 2 aromatic rings. The first-order valence-corrected chi connectivity index (χ1v) is 8.45. The molecule has 1 aliphatic heterocycles. The van der Waals surface area contributed by atoms with Crippen molar-refractivity contribution in [2.24, 2.45) is 0 Å². The number of hydrogen-bond donors (Lipinski definition) is 1. The minimum Gasteiger partial charge on any atom is -0.484 e. The Balaban J connectivity index is 1.51. The van der Waals surface area contributed by atoms with Crippen LogP contribution >= 0.6 is 0 Å². The highest BCUT2D eigenvalue weighted by Gasteiger charge is 2.22. The number of hydrogen-bond acceptors (Lipinski definition) is 5. The quantitative estimate of drug-likeness (QED) is 0.881. The number of aryl methyl sites for hydroxylation is 1. The maximum Gasteiger partial charge on any atom is 0.354 e. The summed E-state index contributed by atoms with van der Waals surface area (Å²) >= 11 is 0. The Morgan fingerprint density at radius 1 is 1.08 bits per heavy atom. The van der Waals surface area contributed by atoms with Crippen molar-refractivity contribution in [3.8, 4) is 5.75 Å². The molecule has 7 heteroatoms. The normalized spacial score (nSPS) is 14.2. The van der Waals surface area contributed by atoms with Gasteiger partial charge in [0.15, 0.2) is 12.3 Å². The molecule has 2 heterocycles. The fourth-order valence-corrected chi connectivity index (χ4v) is 2.77. The summed E-state index contributed by atoms with van der Waals surface area (Å²) in [5, 5.41) is 9.04. The molecule has 0 spiro atoms. The van der Waals surface area contributed by atoms with Gasteiger partial charge in [0, 0.05) is 26.2 Å². The highest BCUT2D eigenvalue weighted by atomic mass is 16.5. The van der Waals surface area contributed by atoms with E-state index in [9.17, 15) is 9.59 Å². The van der Waals surface area contributed by atoms with Gasteiger partial charge in [-0.3, -0.25) is 4.79 Å². The number of amides is 1. The molecule has 1 fully saturated rings. The maximum absolute atomic E-state index is 12.3. The summed E-state index contributed by atoms with van der Waals surface area (Å²) in [4.78, 5) is 31.2. The van der Waals surface area contributed by atoms with Crippen molar-refractivity contribution in [3.63, 3.8) is 0 Å². The van der Waals surface area contributed by atoms with E-state index >= 15 is 0 Å². The zero-order valence-corrected chi connectivity index (χ0v) is 14.6. The van der Waals surface area contributed by atoms with Gasteiger partial charge in [-0.15, -0.1) is 0 Å². The van der Waals surface area contributed by atoms with Crippen molar-refractivity contribution in [1.29, 1.82) is 0 Å². The van der Waals surface area contributed by atoms with Gasteiger partial charge in [-0.1, -0.05) is 23.8 Å². The van der Waals surface area contributed by atoms with Gasteiger partial charge < -0.3 is 19.6 Å². The molecule has 0 radical (unpaired) electrons. The van der Waals surface area contributed by atoms with Crippen molar-refractivity contribution in [2.75, 3.05) is 37.7 Å². The summed E-state index contributed by atoms with van der Waals surface area (Å²) in [6, 6.07) is 12.5. The van der Waals surface area contributed by atoms with Gasteiger partial charge in [-0.2, -0.15) is 0 Å². The average Bonchev–Trinajstić information content (AvgIpc) is 2.67. The number of aromatic nitrogens is 1. The zero-order chi connectivity index (χ0) is 18.5. The summed E-state index contributed by atoms with van der Waals surface area (Å²) in [6.45, 7) is 4.31. The van der Waals surface area contributed by atoms with Crippen LogP contribution in [-0.4, -0.2) is 59.7 Å². The van der Waals surface area contributed by atoms with Crippen molar-refractivity contribution in [1.82, 2.24) is 9.88 Å². The summed E-state index contributed by atoms with van der Waals surface area (Å²) < 4.78 is 5.55. The molecule has 0 bridgehead atoms. The number of benzene rings is 1. The number of carbonyl (C=O) groups excluding carboxylic acids is 1. The number of carboxylic acid groups (broad SMARTS) is 1. The average molecular weight is 355 g/mol. The second-order valence-corrected chi connectivity index (χ2v) is 6.16. The van der Waals surface area contributed by atoms with E-state index in [1.165, 1.54) is 6.07 Å². The van der Waals surface area contributed by atoms with Crippen LogP contribution in [-0.2, 0) is 4.79 Å². The number of carboxylic acids is 1. The van der Waals surface area contributed by atoms with Crippen molar-refractivity contribution in [2.45, 2.75) is 6.92 Å². The van der Waals surface area contributed by atoms with E-state index < -0.39 is 5.97 Å². The van der Waals surface area contributed by atoms with E-state index in [0.717, 1.165) is 5.56 Å². The molecule has 1 saturated heterocycles. The molecule has 0 saturated carbocycles. The molecular weight excluding hydrogens is 334 g/mol. The lowest BCUT2D eigenvalue weighted by atomic mass is 10.2. The fraction of sp³-hybridized carbons (Fsp3) is 0.316. The number of anilines is 1. The van der Waals surface area contributed by atoms with Crippen LogP contribution in [0.2, 0.25) is 0 Å². The van der Waals surface area contributed by atoms with Gasteiger partial charge in [0.05, 0.1) is 0 Å². The number of piperazine rings is 1. The van der Waals surface area contributed by atoms with Gasteiger partial charge in [0.2, 0.25) is 0 Å². The van der Waals surface area contributed by atoms with E-state index in [0.29, 0.717) is 37.7 Å². The molecular formula is C19H21N3O4. The molecule has 1 aromatic carbocycles. The van der Waals surface area contributed by atoms with Crippen LogP contribution in [0, 0.1) is 6.92 Å². The molecule has 7 nitrogen and oxygen atoms in total. The Morgan fingerprint density at radius 3 is 2.42 bits per heavy atom. The highest BCUT2D eigenvalue weighted by molar-refractivity contribution is 5.85. The predicted molar refractivity (Wildman–Crippen MR) is 96.7 cm³/mol. The number of rotatable bonds is 5. The largest absolute Gasteiger partial charge is 0.484 e. The van der Waals surface area contributed by atoms with E-state index in [1.807, 2.05) is 36.1 Å². The zero-order valence-electron chi connectivity index (χ0n) is 14.6. The minimum atomic E-state index is -1.05. The monoisotopic (exact) mass is 355 g/mol. The summed E-state index contributed by atoms with van der Waals surface area (Å²) in [6.07, 6.45) is 0. The van der Waals surface area contributed by atoms with Crippen LogP contribution in [0.5, 0.6) is 5.75 Å². The van der Waals surface area contributed by atoms with Gasteiger partial charge in [0.1, 0.15) is 11.6 Å². The molecule has 1 aromatic heterocycles. The predicted octanol–water partition coefficient (Wildman–Crippen LogP) is 1.82. The standard InChI is InChI=1S/C19H21N3O4/c1-14-5-7-15(8-6-14)26-13-18(23)22-11-9-21(10-12-22)17-4-2-3-16(20-17)19(24)25/h2-8H,9-13H2,1H3,(H,24,25). The molecule has 1 N–H and O–H groups in total. The van der Waals surface area contributed by atoms with Crippen molar-refractivity contribution >= 4 is 17.7 Å². The SMILES string of the molecule is Cc1ccc(OCC(=O)N2CCN(c3cccc(C(=O)O)n3)CC2)cc1. The summed E-state index contributed by atoms with van der Waals surface area (Å²) in [5.41, 5.74) is 1.16. The molecule has 0 atom stereocenters. The smallest absolute Gasteiger partial charge is 0.354 e. The molecule has 26 heavy (non-hydrogen) atoms. The molecule has 0 aliphatic carbocycles. The highest BCUT2D eigenvalue weighted by Crippen LogP contribution is 2.15. The Hall–Kier alpha value is -3.09. The molecule has 0 unspecified atom stereocenters. The van der Waals surface area contributed by atoms with Crippen LogP contribution in [0.4, 0.5) is 5.82 Å². The Morgan fingerprint density at radius 2 is 1.77 bits per heavy atom. The minimum absolute atomic E-state index is 0.00973. The first-order chi connectivity index (χ1) is 12.5. The van der Waals surface area contributed by atoms with Gasteiger partial charge in [0.25, 0.3) is 5.91 Å². The van der Waals surface area contributed by atoms with Gasteiger partial charge >= 0.3 is 5.97 Å². The van der Waals surface area contributed by atoms with E-state index in [2.05, 4.69) is 4.98 Å². The van der Waals surface area contributed by atoms with Crippen LogP contribution in [0.3, 0.4) is 0 Å². The summed E-state index contributed by atoms with van der Waals surface area (Å²) in [7, 11) is 0. The number of ether oxygens (including phenoxy) is 1. The van der Waals surface area contributed by atoms with Crippen molar-refractivity contribution in [3.05, 3.63) is 53.7 Å². The fourth-order valence-electron chi connectivity index (χ4n) is 2.77. The topological polar surface area (TPSA) is 83.0 Å². The maximum atomic E-state index is 12.3. The molecule has 3 rings (SSSR count). The third-order valence-electron chi connectivity index (χ3n) is 4.29. The second kappa shape index (κ2) is 7.86. The van der Waals surface area contributed by atoms with Crippen LogP contribution in [0.1, 0.15) is 16.1 Å². The van der Waals surface area contributed by atoms with E-state index in [-0.39, 0.29) is 18.2 Å². The number of aromatic carboxylic acids is 1. The Labute approximate surface area is 151 Å². The Bertz CT molecular complexity index is 784. The third-order valence-corrected chi connectivity index (χ3v) is 4.29. The first kappa shape index (κ1) is 17.7. The first-order valence-electron chi connectivity index (χ1n) is 8.45. The van der Waals surface area contributed by atoms with Crippen LogP contribution in [0.25, 0.3) is 0 Å². The van der Waals surface area contributed by atoms with Gasteiger partial charge in [-0.05, 0) is 31.2 Å². The lowest BCUT2D eigenvalue weighted by molar-refractivity contribution is -0.133. The number of carbonyl (C=O) groups is 2. The van der Waals surface area contributed by atoms with E-state index in [4.69, 9.17) is 9.84 Å². The van der Waals surface area contributed by atoms with Crippen molar-refractivity contribution < 1.29 is 19.4 Å². The van der Waals surface area contributed by atoms with Crippen LogP contribution in [0.15, 0.2) is 42.5 Å². The van der Waals surface area contributed by atoms with E-state index in [1.54, 1.807) is 17.0 Å². The molecule has 1 amide bonds. The number of pyridine rings is 1. The Kier molecular flexibility index (Phi) is 5.36. The third kappa shape index (κ3) is 4.30. The second-order valence-electron chi connectivity index (χ2n) is 6.16. The van der Waals surface area contributed by atoms with Gasteiger partial charge in [-0.25, -0.2) is 9.78 Å². The molecule has 1 aliphatic rings. The lowest BCUT2D eigenvalue weighted by Gasteiger charge is -2.35. The number of nitrogens with zero attached hydrogens (tertiary/aromatic N) is 3. The molecule has 136 valence electrons. The summed E-state index contributed by atoms with van der Waals surface area (Å²) in [5.74, 6) is 0.191.